The van der Waals surface area contributed by atoms with Crippen LogP contribution < -0.4 is 11.1 Å². The van der Waals surface area contributed by atoms with Crippen molar-refractivity contribution >= 4 is 11.8 Å². The van der Waals surface area contributed by atoms with E-state index in [2.05, 4.69) is 15.2 Å². The standard InChI is InChI=1S/C20H31N5/c21-18-23-16-15(4-3-7-20(16)5-1-2-6-20)17(24-18)22-14-19-8-11-25(12-9-19)13-10-19/h1-14H2,(H3,21,22,23,24). The molecule has 0 unspecified atom stereocenters. The molecule has 6 rings (SSSR count). The van der Waals surface area contributed by atoms with Gasteiger partial charge in [0, 0.05) is 17.5 Å². The highest BCUT2D eigenvalue weighted by atomic mass is 15.2. The van der Waals surface area contributed by atoms with E-state index < -0.39 is 0 Å². The van der Waals surface area contributed by atoms with Gasteiger partial charge >= 0.3 is 0 Å². The summed E-state index contributed by atoms with van der Waals surface area (Å²) in [5.74, 6) is 1.52. The van der Waals surface area contributed by atoms with Crippen LogP contribution in [0.5, 0.6) is 0 Å². The molecule has 3 aliphatic heterocycles. The summed E-state index contributed by atoms with van der Waals surface area (Å²) in [6.45, 7) is 4.87. The Morgan fingerprint density at radius 1 is 0.920 bits per heavy atom. The topological polar surface area (TPSA) is 67.1 Å². The molecule has 5 nitrogen and oxygen atoms in total. The highest BCUT2D eigenvalue weighted by Crippen LogP contribution is 2.49. The van der Waals surface area contributed by atoms with Crippen molar-refractivity contribution in [3.63, 3.8) is 0 Å². The van der Waals surface area contributed by atoms with E-state index in [0.29, 0.717) is 16.8 Å². The van der Waals surface area contributed by atoms with Crippen molar-refractivity contribution in [2.24, 2.45) is 5.41 Å². The molecule has 1 aromatic rings. The van der Waals surface area contributed by atoms with Crippen LogP contribution in [0, 0.1) is 5.41 Å². The number of nitrogens with two attached hydrogens (primary N) is 1. The summed E-state index contributed by atoms with van der Waals surface area (Å²) in [5.41, 5.74) is 9.60. The molecule has 1 spiro atoms. The molecule has 3 N–H and O–H groups in total. The van der Waals surface area contributed by atoms with Crippen molar-refractivity contribution in [2.75, 3.05) is 37.2 Å². The van der Waals surface area contributed by atoms with Crippen molar-refractivity contribution in [2.45, 2.75) is 69.6 Å². The van der Waals surface area contributed by atoms with Crippen LogP contribution in [-0.4, -0.2) is 41.0 Å². The highest BCUT2D eigenvalue weighted by Gasteiger charge is 2.42. The molecule has 0 atom stereocenters. The number of fused-ring (bicyclic) bond motifs is 5. The molecule has 1 aromatic heterocycles. The third-order valence-corrected chi connectivity index (χ3v) is 7.68. The Morgan fingerprint density at radius 3 is 2.32 bits per heavy atom. The zero-order valence-corrected chi connectivity index (χ0v) is 15.3. The first-order chi connectivity index (χ1) is 12.2. The van der Waals surface area contributed by atoms with E-state index in [1.54, 1.807) is 0 Å². The van der Waals surface area contributed by atoms with Crippen molar-refractivity contribution < 1.29 is 0 Å². The summed E-state index contributed by atoms with van der Waals surface area (Å²) < 4.78 is 0. The van der Waals surface area contributed by atoms with E-state index in [0.717, 1.165) is 18.8 Å². The third-order valence-electron chi connectivity index (χ3n) is 7.68. The molecule has 4 fully saturated rings. The van der Waals surface area contributed by atoms with E-state index in [9.17, 15) is 0 Å². The van der Waals surface area contributed by atoms with Crippen LogP contribution >= 0.6 is 0 Å². The van der Waals surface area contributed by atoms with Crippen LogP contribution in [0.2, 0.25) is 0 Å². The maximum Gasteiger partial charge on any atom is 0.222 e. The fourth-order valence-electron chi connectivity index (χ4n) is 6.02. The van der Waals surface area contributed by atoms with Crippen LogP contribution in [0.4, 0.5) is 11.8 Å². The van der Waals surface area contributed by atoms with E-state index in [-0.39, 0.29) is 0 Å². The van der Waals surface area contributed by atoms with Gasteiger partial charge in [0.2, 0.25) is 5.95 Å². The summed E-state index contributed by atoms with van der Waals surface area (Å²) in [4.78, 5) is 12.0. The molecule has 1 saturated carbocycles. The fourth-order valence-corrected chi connectivity index (χ4v) is 6.02. The first-order valence-corrected chi connectivity index (χ1v) is 10.3. The molecule has 2 bridgehead atoms. The second-order valence-corrected chi connectivity index (χ2v) is 9.04. The number of nitrogen functional groups attached to an aromatic ring is 1. The first kappa shape index (κ1) is 15.9. The Hall–Kier alpha value is -1.36. The SMILES string of the molecule is Nc1nc(NCC23CCN(CC2)CC3)c2c(n1)C1(CCCC1)CCC2. The number of hydrogen-bond donors (Lipinski definition) is 2. The molecule has 5 aliphatic rings. The van der Waals surface area contributed by atoms with Crippen LogP contribution in [-0.2, 0) is 11.8 Å². The second kappa shape index (κ2) is 5.83. The Bertz CT molecular complexity index is 643. The maximum absolute atomic E-state index is 6.15. The number of aromatic nitrogens is 2. The van der Waals surface area contributed by atoms with Gasteiger partial charge in [-0.15, -0.1) is 0 Å². The minimum absolute atomic E-state index is 0.301. The average Bonchev–Trinajstić information content (AvgIpc) is 3.11. The van der Waals surface area contributed by atoms with Gasteiger partial charge in [-0.3, -0.25) is 0 Å². The predicted octanol–water partition coefficient (Wildman–Crippen LogP) is 3.10. The van der Waals surface area contributed by atoms with E-state index in [4.69, 9.17) is 10.7 Å². The largest absolute Gasteiger partial charge is 0.369 e. The van der Waals surface area contributed by atoms with Crippen LogP contribution in [0.1, 0.15) is 69.0 Å². The van der Waals surface area contributed by atoms with Crippen LogP contribution in [0.15, 0.2) is 0 Å². The van der Waals surface area contributed by atoms with Gasteiger partial charge in [-0.25, -0.2) is 4.98 Å². The van der Waals surface area contributed by atoms with Crippen LogP contribution in [0.25, 0.3) is 0 Å². The van der Waals surface area contributed by atoms with Gasteiger partial charge in [-0.1, -0.05) is 12.8 Å². The number of nitrogens with one attached hydrogen (secondary N) is 1. The van der Waals surface area contributed by atoms with Crippen molar-refractivity contribution in [3.05, 3.63) is 11.3 Å². The Kier molecular flexibility index (Phi) is 3.70. The van der Waals surface area contributed by atoms with E-state index in [1.165, 1.54) is 88.7 Å². The van der Waals surface area contributed by atoms with Gasteiger partial charge in [0.1, 0.15) is 5.82 Å². The van der Waals surface area contributed by atoms with Gasteiger partial charge in [-0.2, -0.15) is 4.98 Å². The molecule has 5 heteroatoms. The predicted molar refractivity (Wildman–Crippen MR) is 101 cm³/mol. The molecule has 0 radical (unpaired) electrons. The normalized spacial score (nSPS) is 32.7. The molecule has 4 heterocycles. The fraction of sp³-hybridized carbons (Fsp3) is 0.800. The summed E-state index contributed by atoms with van der Waals surface area (Å²) >= 11 is 0. The Balaban J connectivity index is 1.43. The summed E-state index contributed by atoms with van der Waals surface area (Å²) in [7, 11) is 0. The van der Waals surface area contributed by atoms with Gasteiger partial charge in [0.25, 0.3) is 0 Å². The molecule has 0 amide bonds. The second-order valence-electron chi connectivity index (χ2n) is 9.04. The van der Waals surface area contributed by atoms with Crippen molar-refractivity contribution in [1.29, 1.82) is 0 Å². The molecule has 2 aliphatic carbocycles. The Labute approximate surface area is 150 Å². The molecule has 25 heavy (non-hydrogen) atoms. The molecule has 136 valence electrons. The lowest BCUT2D eigenvalue weighted by molar-refractivity contribution is 0.0360. The maximum atomic E-state index is 6.15. The number of piperidine rings is 3. The summed E-state index contributed by atoms with van der Waals surface area (Å²) in [5, 5.41) is 3.76. The van der Waals surface area contributed by atoms with Crippen molar-refractivity contribution in [3.8, 4) is 0 Å². The molecular formula is C20H31N5. The zero-order valence-electron chi connectivity index (χ0n) is 15.3. The van der Waals surface area contributed by atoms with Gasteiger partial charge in [0.05, 0.1) is 5.69 Å². The lowest BCUT2D eigenvalue weighted by atomic mass is 9.71. The van der Waals surface area contributed by atoms with Gasteiger partial charge < -0.3 is 16.0 Å². The number of hydrogen-bond acceptors (Lipinski definition) is 5. The smallest absolute Gasteiger partial charge is 0.222 e. The highest BCUT2D eigenvalue weighted by molar-refractivity contribution is 5.53. The number of nitrogens with zero attached hydrogens (tertiary/aromatic N) is 3. The number of anilines is 2. The van der Waals surface area contributed by atoms with E-state index >= 15 is 0 Å². The zero-order chi connectivity index (χ0) is 16.9. The summed E-state index contributed by atoms with van der Waals surface area (Å²) in [6, 6.07) is 0. The van der Waals surface area contributed by atoms with Gasteiger partial charge in [0.15, 0.2) is 0 Å². The molecule has 3 saturated heterocycles. The quantitative estimate of drug-likeness (QED) is 0.884. The average molecular weight is 342 g/mol. The van der Waals surface area contributed by atoms with Crippen LogP contribution in [0.3, 0.4) is 0 Å². The van der Waals surface area contributed by atoms with Gasteiger partial charge in [-0.05, 0) is 76.4 Å². The summed E-state index contributed by atoms with van der Waals surface area (Å²) in [6.07, 6.45) is 12.9. The minimum atomic E-state index is 0.301. The lowest BCUT2D eigenvalue weighted by Crippen LogP contribution is -2.51. The molecule has 0 aromatic carbocycles. The number of rotatable bonds is 3. The third kappa shape index (κ3) is 2.62. The Morgan fingerprint density at radius 2 is 1.60 bits per heavy atom. The molecular weight excluding hydrogens is 310 g/mol. The minimum Gasteiger partial charge on any atom is -0.369 e. The van der Waals surface area contributed by atoms with E-state index in [1.807, 2.05) is 0 Å². The monoisotopic (exact) mass is 341 g/mol. The lowest BCUT2D eigenvalue weighted by Gasteiger charge is -2.48. The van der Waals surface area contributed by atoms with Crippen molar-refractivity contribution in [1.82, 2.24) is 14.9 Å². The first-order valence-electron chi connectivity index (χ1n) is 10.3.